The lowest BCUT2D eigenvalue weighted by Gasteiger charge is -2.13. The Bertz CT molecular complexity index is 415. The van der Waals surface area contributed by atoms with Crippen molar-refractivity contribution in [3.05, 3.63) is 15.5 Å². The van der Waals surface area contributed by atoms with Crippen molar-refractivity contribution < 1.29 is 5.11 Å². The maximum Gasteiger partial charge on any atom is 0.123 e. The predicted octanol–water partition coefficient (Wildman–Crippen LogP) is 2.55. The van der Waals surface area contributed by atoms with Gasteiger partial charge >= 0.3 is 0 Å². The molecule has 2 aliphatic carbocycles. The number of fused-ring (bicyclic) bond motifs is 1. The van der Waals surface area contributed by atoms with Crippen LogP contribution < -0.4 is 0 Å². The molecule has 1 aromatic heterocycles. The van der Waals surface area contributed by atoms with Crippen LogP contribution in [0.1, 0.15) is 44.3 Å². The second-order valence-corrected chi connectivity index (χ2v) is 6.45. The molecule has 1 heterocycles. The van der Waals surface area contributed by atoms with Gasteiger partial charge < -0.3 is 5.11 Å². The van der Waals surface area contributed by atoms with Gasteiger partial charge in [-0.3, -0.25) is 4.68 Å². The summed E-state index contributed by atoms with van der Waals surface area (Å²) in [7, 11) is 0. The number of aliphatic hydroxyl groups is 1. The highest BCUT2D eigenvalue weighted by molar-refractivity contribution is 14.1. The Kier molecular flexibility index (Phi) is 2.55. The van der Waals surface area contributed by atoms with Gasteiger partial charge in [-0.1, -0.05) is 0 Å². The molecule has 0 amide bonds. The van der Waals surface area contributed by atoms with E-state index < -0.39 is 0 Å². The average Bonchev–Trinajstić information content (AvgIpc) is 2.61. The summed E-state index contributed by atoms with van der Waals surface area (Å²) < 4.78 is 3.21. The second kappa shape index (κ2) is 3.70. The first-order valence-corrected chi connectivity index (χ1v) is 7.10. The lowest BCUT2D eigenvalue weighted by molar-refractivity contribution is 0.155. The standard InChI is InChI=1S/C12H17IN2O/c1-6(2)15-8(5-10(13)14-15)11-7-3-4-9(16)12(7)11/h5-7,9,11-12,16H,3-4H2,1-2H3/t7-,9+,11+,12+/m1/s1. The number of aliphatic hydroxyl groups excluding tert-OH is 1. The van der Waals surface area contributed by atoms with Gasteiger partial charge in [0.2, 0.25) is 0 Å². The summed E-state index contributed by atoms with van der Waals surface area (Å²) in [6.45, 7) is 4.34. The number of rotatable bonds is 2. The molecule has 0 aliphatic heterocycles. The molecule has 0 bridgehead atoms. The molecule has 88 valence electrons. The van der Waals surface area contributed by atoms with Crippen LogP contribution in [-0.2, 0) is 0 Å². The quantitative estimate of drug-likeness (QED) is 0.846. The van der Waals surface area contributed by atoms with Crippen molar-refractivity contribution >= 4 is 22.6 Å². The van der Waals surface area contributed by atoms with Crippen molar-refractivity contribution in [3.63, 3.8) is 0 Å². The van der Waals surface area contributed by atoms with Crippen LogP contribution in [0.2, 0.25) is 0 Å². The third kappa shape index (κ3) is 1.53. The van der Waals surface area contributed by atoms with E-state index in [1.165, 1.54) is 12.1 Å². The summed E-state index contributed by atoms with van der Waals surface area (Å²) in [5, 5.41) is 14.4. The van der Waals surface area contributed by atoms with Crippen LogP contribution in [0.25, 0.3) is 0 Å². The molecule has 0 radical (unpaired) electrons. The molecule has 1 N–H and O–H groups in total. The Morgan fingerprint density at radius 1 is 1.50 bits per heavy atom. The molecular formula is C12H17IN2O. The minimum atomic E-state index is -0.0665. The summed E-state index contributed by atoms with van der Waals surface area (Å²) in [4.78, 5) is 0. The summed E-state index contributed by atoms with van der Waals surface area (Å²) in [5.41, 5.74) is 1.34. The van der Waals surface area contributed by atoms with Crippen LogP contribution in [0.5, 0.6) is 0 Å². The molecule has 4 heteroatoms. The van der Waals surface area contributed by atoms with Gasteiger partial charge in [-0.05, 0) is 67.2 Å². The summed E-state index contributed by atoms with van der Waals surface area (Å²) in [6, 6.07) is 2.60. The van der Waals surface area contributed by atoms with Gasteiger partial charge in [0.1, 0.15) is 3.70 Å². The molecule has 1 aromatic rings. The van der Waals surface area contributed by atoms with Gasteiger partial charge in [-0.2, -0.15) is 5.10 Å². The highest BCUT2D eigenvalue weighted by Gasteiger charge is 2.59. The van der Waals surface area contributed by atoms with Crippen molar-refractivity contribution in [1.82, 2.24) is 9.78 Å². The fourth-order valence-electron chi connectivity index (χ4n) is 3.31. The highest BCUT2D eigenvalue weighted by atomic mass is 127. The smallest absolute Gasteiger partial charge is 0.123 e. The molecule has 0 aromatic carbocycles. The zero-order valence-corrected chi connectivity index (χ0v) is 11.8. The minimum absolute atomic E-state index is 0.0665. The van der Waals surface area contributed by atoms with Crippen LogP contribution in [0.15, 0.2) is 6.07 Å². The number of halogens is 1. The number of hydrogen-bond donors (Lipinski definition) is 1. The van der Waals surface area contributed by atoms with E-state index in [9.17, 15) is 5.11 Å². The number of nitrogens with zero attached hydrogens (tertiary/aromatic N) is 2. The largest absolute Gasteiger partial charge is 0.393 e. The zero-order chi connectivity index (χ0) is 11.4. The van der Waals surface area contributed by atoms with E-state index in [-0.39, 0.29) is 6.10 Å². The van der Waals surface area contributed by atoms with Crippen LogP contribution in [0, 0.1) is 15.5 Å². The van der Waals surface area contributed by atoms with Gasteiger partial charge in [-0.15, -0.1) is 0 Å². The van der Waals surface area contributed by atoms with Gasteiger partial charge in [0.25, 0.3) is 0 Å². The van der Waals surface area contributed by atoms with Crippen LogP contribution >= 0.6 is 22.6 Å². The maximum absolute atomic E-state index is 9.88. The Morgan fingerprint density at radius 3 is 2.81 bits per heavy atom. The maximum atomic E-state index is 9.88. The number of hydrogen-bond acceptors (Lipinski definition) is 2. The monoisotopic (exact) mass is 332 g/mol. The zero-order valence-electron chi connectivity index (χ0n) is 9.60. The van der Waals surface area contributed by atoms with Crippen molar-refractivity contribution in [2.75, 3.05) is 0 Å². The van der Waals surface area contributed by atoms with Gasteiger partial charge in [0, 0.05) is 17.7 Å². The van der Waals surface area contributed by atoms with Crippen molar-refractivity contribution in [2.24, 2.45) is 11.8 Å². The van der Waals surface area contributed by atoms with E-state index in [1.807, 2.05) is 0 Å². The van der Waals surface area contributed by atoms with E-state index in [2.05, 4.69) is 52.3 Å². The minimum Gasteiger partial charge on any atom is -0.393 e. The van der Waals surface area contributed by atoms with Crippen LogP contribution in [0.4, 0.5) is 0 Å². The molecule has 3 nitrogen and oxygen atoms in total. The SMILES string of the molecule is CC(C)n1nc(I)cc1[C@@H]1[C@H]2CC[C@H](O)[C@H]21. The van der Waals surface area contributed by atoms with Crippen molar-refractivity contribution in [1.29, 1.82) is 0 Å². The van der Waals surface area contributed by atoms with Crippen LogP contribution in [0.3, 0.4) is 0 Å². The van der Waals surface area contributed by atoms with E-state index in [0.717, 1.165) is 16.0 Å². The van der Waals surface area contributed by atoms with Gasteiger partial charge in [0.05, 0.1) is 6.10 Å². The van der Waals surface area contributed by atoms with E-state index in [0.29, 0.717) is 17.9 Å². The molecular weight excluding hydrogens is 315 g/mol. The molecule has 3 rings (SSSR count). The average molecular weight is 332 g/mol. The fourth-order valence-corrected chi connectivity index (χ4v) is 3.86. The van der Waals surface area contributed by atoms with Crippen molar-refractivity contribution in [3.8, 4) is 0 Å². The Hall–Kier alpha value is -0.100. The normalized spacial score (nSPS) is 36.8. The fraction of sp³-hybridized carbons (Fsp3) is 0.750. The van der Waals surface area contributed by atoms with Crippen LogP contribution in [-0.4, -0.2) is 21.0 Å². The Balaban J connectivity index is 1.91. The molecule has 2 saturated carbocycles. The molecule has 4 atom stereocenters. The Labute approximate surface area is 109 Å². The van der Waals surface area contributed by atoms with Crippen molar-refractivity contribution in [2.45, 2.75) is 44.8 Å². The van der Waals surface area contributed by atoms with Gasteiger partial charge in [-0.25, -0.2) is 0 Å². The lowest BCUT2D eigenvalue weighted by Crippen LogP contribution is -2.11. The first-order chi connectivity index (χ1) is 7.59. The molecule has 0 spiro atoms. The highest BCUT2D eigenvalue weighted by Crippen LogP contribution is 2.63. The molecule has 0 saturated heterocycles. The second-order valence-electron chi connectivity index (χ2n) is 5.34. The third-order valence-corrected chi connectivity index (χ3v) is 4.56. The summed E-state index contributed by atoms with van der Waals surface area (Å²) in [5.74, 6) is 1.81. The van der Waals surface area contributed by atoms with E-state index in [1.54, 1.807) is 0 Å². The number of aromatic nitrogens is 2. The van der Waals surface area contributed by atoms with Gasteiger partial charge in [0.15, 0.2) is 0 Å². The van der Waals surface area contributed by atoms with E-state index >= 15 is 0 Å². The summed E-state index contributed by atoms with van der Waals surface area (Å²) in [6.07, 6.45) is 2.12. The first-order valence-electron chi connectivity index (χ1n) is 6.02. The predicted molar refractivity (Wildman–Crippen MR) is 70.3 cm³/mol. The summed E-state index contributed by atoms with van der Waals surface area (Å²) >= 11 is 2.28. The molecule has 2 fully saturated rings. The molecule has 2 aliphatic rings. The molecule has 0 unspecified atom stereocenters. The third-order valence-electron chi connectivity index (χ3n) is 4.03. The Morgan fingerprint density at radius 2 is 2.25 bits per heavy atom. The van der Waals surface area contributed by atoms with E-state index in [4.69, 9.17) is 0 Å². The lowest BCUT2D eigenvalue weighted by atomic mass is 10.1. The first kappa shape index (κ1) is 11.0. The molecule has 16 heavy (non-hydrogen) atoms. The topological polar surface area (TPSA) is 38.0 Å².